The summed E-state index contributed by atoms with van der Waals surface area (Å²) in [6.07, 6.45) is 0.157. The summed E-state index contributed by atoms with van der Waals surface area (Å²) in [6, 6.07) is 5.04. The van der Waals surface area contributed by atoms with Crippen molar-refractivity contribution in [2.24, 2.45) is 5.14 Å². The minimum absolute atomic E-state index is 0.0781. The minimum atomic E-state index is -3.68. The molecule has 0 aliphatic rings. The van der Waals surface area contributed by atoms with Crippen LogP contribution in [0.25, 0.3) is 0 Å². The van der Waals surface area contributed by atoms with E-state index in [1.165, 1.54) is 6.07 Å². The van der Waals surface area contributed by atoms with Crippen LogP contribution in [0.4, 0.5) is 0 Å². The molecule has 20 heavy (non-hydrogen) atoms. The molecule has 2 aromatic rings. The van der Waals surface area contributed by atoms with Crippen LogP contribution in [-0.4, -0.2) is 14.3 Å². The van der Waals surface area contributed by atoms with E-state index in [1.54, 1.807) is 17.4 Å². The van der Waals surface area contributed by atoms with Gasteiger partial charge in [0, 0.05) is 9.75 Å². The molecule has 0 aliphatic heterocycles. The Labute approximate surface area is 125 Å². The molecule has 3 N–H and O–H groups in total. The second-order valence-corrected chi connectivity index (χ2v) is 8.20. The van der Waals surface area contributed by atoms with Crippen LogP contribution < -0.4 is 10.5 Å². The first-order valence-corrected chi connectivity index (χ1v) is 9.01. The first-order chi connectivity index (χ1) is 9.36. The maximum absolute atomic E-state index is 11.8. The summed E-state index contributed by atoms with van der Waals surface area (Å²) in [5.74, 6) is -0.138. The van der Waals surface area contributed by atoms with Crippen LogP contribution in [0.2, 0.25) is 0 Å². The topological polar surface area (TPSA) is 89.3 Å². The summed E-state index contributed by atoms with van der Waals surface area (Å²) >= 11 is 2.62. The highest BCUT2D eigenvalue weighted by Crippen LogP contribution is 2.21. The molecule has 0 radical (unpaired) electrons. The number of carbonyl (C=O) groups excluding carboxylic acids is 1. The Bertz CT molecular complexity index is 716. The second kappa shape index (κ2) is 6.04. The monoisotopic (exact) mass is 330 g/mol. The van der Waals surface area contributed by atoms with Gasteiger partial charge in [0.1, 0.15) is 4.21 Å². The van der Waals surface area contributed by atoms with Gasteiger partial charge in [-0.05, 0) is 36.1 Å². The molecule has 0 saturated carbocycles. The van der Waals surface area contributed by atoms with Gasteiger partial charge in [0.25, 0.3) is 0 Å². The fourth-order valence-corrected chi connectivity index (χ4v) is 4.21. The summed E-state index contributed by atoms with van der Waals surface area (Å²) in [5.41, 5.74) is 1.16. The maximum atomic E-state index is 11.8. The Hall–Kier alpha value is -1.22. The lowest BCUT2D eigenvalue weighted by Crippen LogP contribution is -2.24. The van der Waals surface area contributed by atoms with E-state index >= 15 is 0 Å². The van der Waals surface area contributed by atoms with E-state index in [2.05, 4.69) is 5.32 Å². The SMILES string of the molecule is Cc1ccsc1CNC(=O)Cc1ccc(S(N)(=O)=O)s1. The Morgan fingerprint density at radius 2 is 2.10 bits per heavy atom. The van der Waals surface area contributed by atoms with Gasteiger partial charge in [0.05, 0.1) is 13.0 Å². The van der Waals surface area contributed by atoms with Crippen molar-refractivity contribution >= 4 is 38.6 Å². The van der Waals surface area contributed by atoms with E-state index in [1.807, 2.05) is 18.4 Å². The zero-order chi connectivity index (χ0) is 14.8. The van der Waals surface area contributed by atoms with Gasteiger partial charge >= 0.3 is 0 Å². The van der Waals surface area contributed by atoms with Gasteiger partial charge in [0.15, 0.2) is 0 Å². The lowest BCUT2D eigenvalue weighted by molar-refractivity contribution is -0.120. The third-order valence-corrected chi connectivity index (χ3v) is 6.21. The Balaban J connectivity index is 1.92. The summed E-state index contributed by atoms with van der Waals surface area (Å²) in [4.78, 5) is 13.6. The third-order valence-electron chi connectivity index (χ3n) is 2.67. The number of carbonyl (C=O) groups is 1. The molecule has 108 valence electrons. The van der Waals surface area contributed by atoms with Gasteiger partial charge in [-0.25, -0.2) is 13.6 Å². The predicted molar refractivity (Wildman–Crippen MR) is 80.3 cm³/mol. The van der Waals surface area contributed by atoms with Crippen LogP contribution in [0.5, 0.6) is 0 Å². The van der Waals surface area contributed by atoms with Gasteiger partial charge in [-0.2, -0.15) is 0 Å². The van der Waals surface area contributed by atoms with E-state index < -0.39 is 10.0 Å². The number of hydrogen-bond acceptors (Lipinski definition) is 5. The van der Waals surface area contributed by atoms with E-state index in [0.717, 1.165) is 21.8 Å². The number of primary sulfonamides is 1. The normalized spacial score (nSPS) is 11.5. The zero-order valence-corrected chi connectivity index (χ0v) is 13.2. The molecule has 0 saturated heterocycles. The standard InChI is InChI=1S/C12H14N2O3S3/c1-8-4-5-18-10(8)7-14-11(15)6-9-2-3-12(19-9)20(13,16)17/h2-5H,6-7H2,1H3,(H,14,15)(H2,13,16,17). The van der Waals surface area contributed by atoms with E-state index in [9.17, 15) is 13.2 Å². The minimum Gasteiger partial charge on any atom is -0.351 e. The molecule has 0 spiro atoms. The van der Waals surface area contributed by atoms with Crippen molar-refractivity contribution in [1.82, 2.24) is 5.32 Å². The van der Waals surface area contributed by atoms with Crippen LogP contribution in [-0.2, 0) is 27.8 Å². The third kappa shape index (κ3) is 3.89. The van der Waals surface area contributed by atoms with Gasteiger partial charge in [-0.3, -0.25) is 4.79 Å². The van der Waals surface area contributed by atoms with Crippen LogP contribution in [0.3, 0.4) is 0 Å². The zero-order valence-electron chi connectivity index (χ0n) is 10.8. The highest BCUT2D eigenvalue weighted by Gasteiger charge is 2.13. The van der Waals surface area contributed by atoms with Crippen molar-refractivity contribution in [2.45, 2.75) is 24.1 Å². The molecular formula is C12H14N2O3S3. The average molecular weight is 330 g/mol. The number of amides is 1. The summed E-state index contributed by atoms with van der Waals surface area (Å²) < 4.78 is 22.4. The molecule has 2 heterocycles. The number of nitrogens with two attached hydrogens (primary N) is 1. The van der Waals surface area contributed by atoms with Crippen molar-refractivity contribution < 1.29 is 13.2 Å². The predicted octanol–water partition coefficient (Wildman–Crippen LogP) is 1.62. The summed E-state index contributed by atoms with van der Waals surface area (Å²) in [5, 5.41) is 9.82. The molecule has 1 amide bonds. The van der Waals surface area contributed by atoms with Crippen LogP contribution in [0.15, 0.2) is 27.8 Å². The van der Waals surface area contributed by atoms with Crippen molar-refractivity contribution in [2.75, 3.05) is 0 Å². The van der Waals surface area contributed by atoms with E-state index in [0.29, 0.717) is 11.4 Å². The van der Waals surface area contributed by atoms with Crippen LogP contribution >= 0.6 is 22.7 Å². The Morgan fingerprint density at radius 3 is 2.65 bits per heavy atom. The van der Waals surface area contributed by atoms with Crippen LogP contribution in [0, 0.1) is 6.92 Å². The molecule has 5 nitrogen and oxygen atoms in total. The number of aryl methyl sites for hydroxylation is 1. The number of sulfonamides is 1. The Morgan fingerprint density at radius 1 is 1.35 bits per heavy atom. The van der Waals surface area contributed by atoms with Crippen molar-refractivity contribution in [1.29, 1.82) is 0 Å². The number of rotatable bonds is 5. The highest BCUT2D eigenvalue weighted by atomic mass is 32.2. The van der Waals surface area contributed by atoms with Crippen molar-refractivity contribution in [3.8, 4) is 0 Å². The molecule has 0 aromatic carbocycles. The number of thiophene rings is 2. The van der Waals surface area contributed by atoms with Crippen molar-refractivity contribution in [3.63, 3.8) is 0 Å². The van der Waals surface area contributed by atoms with Gasteiger partial charge in [0.2, 0.25) is 15.9 Å². The second-order valence-electron chi connectivity index (χ2n) is 4.25. The van der Waals surface area contributed by atoms with Gasteiger partial charge < -0.3 is 5.32 Å². The largest absolute Gasteiger partial charge is 0.351 e. The highest BCUT2D eigenvalue weighted by molar-refractivity contribution is 7.91. The fraction of sp³-hybridized carbons (Fsp3) is 0.250. The summed E-state index contributed by atoms with van der Waals surface area (Å²) in [6.45, 7) is 2.49. The molecule has 0 fully saturated rings. The molecule has 0 bridgehead atoms. The average Bonchev–Trinajstić information content (AvgIpc) is 2.95. The van der Waals surface area contributed by atoms with E-state index in [-0.39, 0.29) is 16.5 Å². The van der Waals surface area contributed by atoms with Crippen LogP contribution in [0.1, 0.15) is 15.3 Å². The summed E-state index contributed by atoms with van der Waals surface area (Å²) in [7, 11) is -3.68. The lowest BCUT2D eigenvalue weighted by atomic mass is 10.3. The first-order valence-electron chi connectivity index (χ1n) is 5.77. The smallest absolute Gasteiger partial charge is 0.247 e. The Kier molecular flexibility index (Phi) is 4.59. The van der Waals surface area contributed by atoms with Gasteiger partial charge in [-0.15, -0.1) is 22.7 Å². The fourth-order valence-electron chi connectivity index (χ4n) is 1.59. The molecule has 0 aliphatic carbocycles. The molecule has 2 rings (SSSR count). The first kappa shape index (κ1) is 15.2. The maximum Gasteiger partial charge on any atom is 0.247 e. The quantitative estimate of drug-likeness (QED) is 0.873. The molecule has 0 unspecified atom stereocenters. The lowest BCUT2D eigenvalue weighted by Gasteiger charge is -2.03. The van der Waals surface area contributed by atoms with Crippen molar-refractivity contribution in [3.05, 3.63) is 38.9 Å². The molecule has 2 aromatic heterocycles. The number of nitrogens with one attached hydrogen (secondary N) is 1. The van der Waals surface area contributed by atoms with E-state index in [4.69, 9.17) is 5.14 Å². The molecule has 0 atom stereocenters. The van der Waals surface area contributed by atoms with Gasteiger partial charge in [-0.1, -0.05) is 0 Å². The molecular weight excluding hydrogens is 316 g/mol. The molecule has 8 heteroatoms. The number of hydrogen-bond donors (Lipinski definition) is 2.